The Balaban J connectivity index is 2.93. The number of hydrogen-bond donors (Lipinski definition) is 1. The van der Waals surface area contributed by atoms with E-state index in [2.05, 4.69) is 19.2 Å². The molecular formula is C23H49N. The Hall–Kier alpha value is -0.0400. The van der Waals surface area contributed by atoms with Crippen molar-refractivity contribution in [3.8, 4) is 0 Å². The van der Waals surface area contributed by atoms with Gasteiger partial charge < -0.3 is 5.32 Å². The van der Waals surface area contributed by atoms with Crippen molar-refractivity contribution in [2.24, 2.45) is 0 Å². The molecule has 0 heterocycles. The van der Waals surface area contributed by atoms with E-state index in [4.69, 9.17) is 0 Å². The first-order valence-electron chi connectivity index (χ1n) is 11.6. The first-order valence-corrected chi connectivity index (χ1v) is 11.6. The van der Waals surface area contributed by atoms with Crippen molar-refractivity contribution in [1.82, 2.24) is 5.32 Å². The van der Waals surface area contributed by atoms with Crippen LogP contribution in [0.5, 0.6) is 0 Å². The van der Waals surface area contributed by atoms with Crippen molar-refractivity contribution in [3.05, 3.63) is 0 Å². The molecule has 1 nitrogen and oxygen atoms in total. The fourth-order valence-corrected chi connectivity index (χ4v) is 3.42. The van der Waals surface area contributed by atoms with E-state index in [1.54, 1.807) is 0 Å². The Morgan fingerprint density at radius 3 is 0.875 bits per heavy atom. The van der Waals surface area contributed by atoms with Gasteiger partial charge in [-0.25, -0.2) is 0 Å². The minimum Gasteiger partial charge on any atom is -0.317 e. The molecule has 0 aromatic heterocycles. The average molecular weight is 340 g/mol. The summed E-state index contributed by atoms with van der Waals surface area (Å²) in [6.07, 6.45) is 27.3. The van der Waals surface area contributed by atoms with Crippen LogP contribution in [0, 0.1) is 0 Å². The normalized spacial score (nSPS) is 11.2. The summed E-state index contributed by atoms with van der Waals surface area (Å²) in [5.41, 5.74) is 0. The van der Waals surface area contributed by atoms with Gasteiger partial charge in [0.15, 0.2) is 0 Å². The van der Waals surface area contributed by atoms with Crippen LogP contribution >= 0.6 is 0 Å². The number of hydrogen-bond acceptors (Lipinski definition) is 1. The Bertz CT molecular complexity index is 180. The lowest BCUT2D eigenvalue weighted by molar-refractivity contribution is 0.527. The summed E-state index contributed by atoms with van der Waals surface area (Å²) in [5, 5.41) is 3.63. The SMILES string of the molecule is CCCCCCCCCCCCNCCCCCCCCCCC. The van der Waals surface area contributed by atoms with E-state index in [-0.39, 0.29) is 0 Å². The summed E-state index contributed by atoms with van der Waals surface area (Å²) >= 11 is 0. The van der Waals surface area contributed by atoms with Crippen molar-refractivity contribution in [1.29, 1.82) is 0 Å². The van der Waals surface area contributed by atoms with Crippen LogP contribution in [-0.4, -0.2) is 13.1 Å². The predicted octanol–water partition coefficient (Wildman–Crippen LogP) is 8.03. The van der Waals surface area contributed by atoms with Gasteiger partial charge in [0.1, 0.15) is 0 Å². The molecule has 0 atom stereocenters. The van der Waals surface area contributed by atoms with Gasteiger partial charge in [0.2, 0.25) is 0 Å². The van der Waals surface area contributed by atoms with Crippen molar-refractivity contribution in [3.63, 3.8) is 0 Å². The highest BCUT2D eigenvalue weighted by atomic mass is 14.8. The van der Waals surface area contributed by atoms with Gasteiger partial charge in [-0.2, -0.15) is 0 Å². The molecule has 0 aromatic rings. The van der Waals surface area contributed by atoms with E-state index in [0.717, 1.165) is 0 Å². The Morgan fingerprint density at radius 2 is 0.583 bits per heavy atom. The zero-order valence-corrected chi connectivity index (χ0v) is 17.3. The minimum absolute atomic E-state index is 1.24. The second-order valence-corrected chi connectivity index (χ2v) is 7.76. The van der Waals surface area contributed by atoms with Crippen LogP contribution in [0.3, 0.4) is 0 Å². The smallest absolute Gasteiger partial charge is 0.00489 e. The molecule has 0 rings (SSSR count). The lowest BCUT2D eigenvalue weighted by Gasteiger charge is -2.05. The first-order chi connectivity index (χ1) is 11.9. The van der Waals surface area contributed by atoms with Crippen LogP contribution in [0.4, 0.5) is 0 Å². The molecule has 0 fully saturated rings. The van der Waals surface area contributed by atoms with E-state index in [1.165, 1.54) is 135 Å². The van der Waals surface area contributed by atoms with Crippen LogP contribution in [0.25, 0.3) is 0 Å². The predicted molar refractivity (Wildman–Crippen MR) is 112 cm³/mol. The van der Waals surface area contributed by atoms with Crippen LogP contribution in [0.1, 0.15) is 136 Å². The highest BCUT2D eigenvalue weighted by Gasteiger charge is 1.94. The van der Waals surface area contributed by atoms with Crippen molar-refractivity contribution < 1.29 is 0 Å². The summed E-state index contributed by atoms with van der Waals surface area (Å²) in [6.45, 7) is 7.08. The van der Waals surface area contributed by atoms with Crippen LogP contribution in [0.15, 0.2) is 0 Å². The molecule has 0 radical (unpaired) electrons. The molecular weight excluding hydrogens is 290 g/mol. The number of nitrogens with one attached hydrogen (secondary N) is 1. The minimum atomic E-state index is 1.24. The van der Waals surface area contributed by atoms with Crippen LogP contribution in [0.2, 0.25) is 0 Å². The van der Waals surface area contributed by atoms with E-state index in [1.807, 2.05) is 0 Å². The third-order valence-electron chi connectivity index (χ3n) is 5.16. The molecule has 0 unspecified atom stereocenters. The summed E-state index contributed by atoms with van der Waals surface area (Å²) in [5.74, 6) is 0. The van der Waals surface area contributed by atoms with E-state index < -0.39 is 0 Å². The lowest BCUT2D eigenvalue weighted by atomic mass is 10.1. The summed E-state index contributed by atoms with van der Waals surface area (Å²) < 4.78 is 0. The lowest BCUT2D eigenvalue weighted by Crippen LogP contribution is -2.16. The fraction of sp³-hybridized carbons (Fsp3) is 1.00. The van der Waals surface area contributed by atoms with Crippen molar-refractivity contribution >= 4 is 0 Å². The van der Waals surface area contributed by atoms with Gasteiger partial charge in [0, 0.05) is 0 Å². The van der Waals surface area contributed by atoms with Crippen molar-refractivity contribution in [2.75, 3.05) is 13.1 Å². The zero-order valence-electron chi connectivity index (χ0n) is 17.3. The fourth-order valence-electron chi connectivity index (χ4n) is 3.42. The largest absolute Gasteiger partial charge is 0.317 e. The van der Waals surface area contributed by atoms with Gasteiger partial charge in [0.25, 0.3) is 0 Å². The quantitative estimate of drug-likeness (QED) is 0.209. The molecule has 0 aromatic carbocycles. The molecule has 0 bridgehead atoms. The van der Waals surface area contributed by atoms with Gasteiger partial charge >= 0.3 is 0 Å². The maximum atomic E-state index is 3.63. The maximum Gasteiger partial charge on any atom is -0.00489 e. The van der Waals surface area contributed by atoms with Gasteiger partial charge in [-0.3, -0.25) is 0 Å². The van der Waals surface area contributed by atoms with Gasteiger partial charge in [-0.05, 0) is 25.9 Å². The average Bonchev–Trinajstić information content (AvgIpc) is 2.60. The molecule has 0 aliphatic heterocycles. The number of unbranched alkanes of at least 4 members (excludes halogenated alkanes) is 17. The van der Waals surface area contributed by atoms with Gasteiger partial charge in [0.05, 0.1) is 0 Å². The van der Waals surface area contributed by atoms with E-state index in [9.17, 15) is 0 Å². The van der Waals surface area contributed by atoms with Crippen LogP contribution in [-0.2, 0) is 0 Å². The molecule has 0 spiro atoms. The monoisotopic (exact) mass is 339 g/mol. The number of rotatable bonds is 21. The second-order valence-electron chi connectivity index (χ2n) is 7.76. The van der Waals surface area contributed by atoms with E-state index >= 15 is 0 Å². The molecule has 0 aliphatic rings. The molecule has 24 heavy (non-hydrogen) atoms. The molecule has 0 amide bonds. The van der Waals surface area contributed by atoms with Gasteiger partial charge in [-0.15, -0.1) is 0 Å². The highest BCUT2D eigenvalue weighted by molar-refractivity contribution is 4.52. The Labute approximate surface area is 154 Å². The molecule has 1 N–H and O–H groups in total. The van der Waals surface area contributed by atoms with Crippen LogP contribution < -0.4 is 5.32 Å². The summed E-state index contributed by atoms with van der Waals surface area (Å²) in [6, 6.07) is 0. The topological polar surface area (TPSA) is 12.0 Å². The Morgan fingerprint density at radius 1 is 0.333 bits per heavy atom. The second kappa shape index (κ2) is 23.0. The third-order valence-corrected chi connectivity index (χ3v) is 5.16. The molecule has 146 valence electrons. The summed E-state index contributed by atoms with van der Waals surface area (Å²) in [4.78, 5) is 0. The standard InChI is InChI=1S/C23H49N/c1-3-5-7-9-11-13-15-17-19-21-23-24-22-20-18-16-14-12-10-8-6-4-2/h24H,3-23H2,1-2H3. The summed E-state index contributed by atoms with van der Waals surface area (Å²) in [7, 11) is 0. The van der Waals surface area contributed by atoms with Crippen molar-refractivity contribution in [2.45, 2.75) is 136 Å². The molecule has 0 aliphatic carbocycles. The maximum absolute atomic E-state index is 3.63. The third kappa shape index (κ3) is 22.0. The van der Waals surface area contributed by atoms with Gasteiger partial charge in [-0.1, -0.05) is 123 Å². The Kier molecular flexibility index (Phi) is 22.9. The zero-order chi connectivity index (χ0) is 17.6. The molecule has 0 saturated heterocycles. The molecule has 1 heteroatoms. The highest BCUT2D eigenvalue weighted by Crippen LogP contribution is 2.11. The first kappa shape index (κ1) is 24.0. The molecule has 0 saturated carbocycles. The van der Waals surface area contributed by atoms with E-state index in [0.29, 0.717) is 0 Å².